The third kappa shape index (κ3) is 3.31. The van der Waals surface area contributed by atoms with Crippen molar-refractivity contribution in [3.05, 3.63) is 69.1 Å². The van der Waals surface area contributed by atoms with Crippen molar-refractivity contribution in [2.75, 3.05) is 6.61 Å². The highest BCUT2D eigenvalue weighted by Crippen LogP contribution is 2.42. The van der Waals surface area contributed by atoms with Crippen molar-refractivity contribution in [1.29, 1.82) is 0 Å². The molecule has 0 radical (unpaired) electrons. The molecule has 0 spiro atoms. The molecule has 32 heavy (non-hydrogen) atoms. The van der Waals surface area contributed by atoms with E-state index in [0.29, 0.717) is 21.6 Å². The van der Waals surface area contributed by atoms with Gasteiger partial charge in [0, 0.05) is 22.4 Å². The van der Waals surface area contributed by atoms with Crippen LogP contribution >= 0.6 is 11.6 Å². The number of fused-ring (bicyclic) bond motifs is 1. The van der Waals surface area contributed by atoms with Crippen molar-refractivity contribution in [2.45, 2.75) is 38.0 Å². The normalized spacial score (nSPS) is 15.5. The van der Waals surface area contributed by atoms with Gasteiger partial charge in [-0.1, -0.05) is 53.9 Å². The van der Waals surface area contributed by atoms with E-state index in [1.54, 1.807) is 25.1 Å². The summed E-state index contributed by atoms with van der Waals surface area (Å²) in [6, 6.07) is 13.1. The lowest BCUT2D eigenvalue weighted by Crippen LogP contribution is -2.26. The van der Waals surface area contributed by atoms with Gasteiger partial charge >= 0.3 is 0 Å². The van der Waals surface area contributed by atoms with Crippen LogP contribution in [0.5, 0.6) is 5.75 Å². The number of aromatic amines is 1. The summed E-state index contributed by atoms with van der Waals surface area (Å²) in [6.45, 7) is 1.89. The summed E-state index contributed by atoms with van der Waals surface area (Å²) in [6.07, 6.45) is 4.24. The molecule has 7 heteroatoms. The molecule has 1 saturated carbocycles. The first kappa shape index (κ1) is 20.8. The Morgan fingerprint density at radius 2 is 1.88 bits per heavy atom. The van der Waals surface area contributed by atoms with E-state index >= 15 is 0 Å². The van der Waals surface area contributed by atoms with Gasteiger partial charge in [0.15, 0.2) is 5.76 Å². The number of hydrogen-bond acceptors (Lipinski definition) is 5. The second kappa shape index (κ2) is 7.80. The van der Waals surface area contributed by atoms with Crippen LogP contribution in [-0.2, 0) is 5.41 Å². The highest BCUT2D eigenvalue weighted by Gasteiger charge is 2.34. The molecule has 2 aromatic carbocycles. The number of aromatic hydroxyl groups is 1. The summed E-state index contributed by atoms with van der Waals surface area (Å²) < 4.78 is 5.20. The van der Waals surface area contributed by atoms with Crippen molar-refractivity contribution in [1.82, 2.24) is 10.1 Å². The van der Waals surface area contributed by atoms with Crippen molar-refractivity contribution in [3.8, 4) is 28.2 Å². The van der Waals surface area contributed by atoms with Gasteiger partial charge in [0.1, 0.15) is 11.3 Å². The number of aryl methyl sites for hydroxylation is 1. The molecule has 6 nitrogen and oxygen atoms in total. The zero-order valence-corrected chi connectivity index (χ0v) is 18.4. The number of H-pyrrole nitrogens is 1. The van der Waals surface area contributed by atoms with E-state index in [4.69, 9.17) is 16.1 Å². The lowest BCUT2D eigenvalue weighted by Gasteiger charge is -2.27. The molecule has 0 aliphatic heterocycles. The standard InChI is InChI=1S/C25H23ClN2O4/c1-14-10-21(32-28-14)22-23(30)18-11-17(19(26)12-20(18)27-24(22)31)15-4-6-16(7-5-15)25(13-29)8-2-3-9-25/h4-7,10-12,29H,2-3,8-9,13H2,1H3,(H2,27,30,31). The van der Waals surface area contributed by atoms with E-state index in [1.165, 1.54) is 0 Å². The topological polar surface area (TPSA) is 99.3 Å². The number of hydrogen-bond donors (Lipinski definition) is 3. The predicted octanol–water partition coefficient (Wildman–Crippen LogP) is 5.32. The minimum atomic E-state index is -0.481. The summed E-state index contributed by atoms with van der Waals surface area (Å²) in [5.74, 6) is 0.0227. The third-order valence-electron chi connectivity index (χ3n) is 6.62. The molecule has 0 amide bonds. The van der Waals surface area contributed by atoms with E-state index in [2.05, 4.69) is 10.1 Å². The van der Waals surface area contributed by atoms with Gasteiger partial charge in [-0.2, -0.15) is 0 Å². The lowest BCUT2D eigenvalue weighted by atomic mass is 9.79. The second-order valence-corrected chi connectivity index (χ2v) is 9.02. The predicted molar refractivity (Wildman–Crippen MR) is 124 cm³/mol. The maximum atomic E-state index is 12.6. The van der Waals surface area contributed by atoms with Gasteiger partial charge in [0.25, 0.3) is 5.56 Å². The first-order valence-corrected chi connectivity index (χ1v) is 11.0. The van der Waals surface area contributed by atoms with Crippen LogP contribution in [-0.4, -0.2) is 27.0 Å². The number of pyridine rings is 1. The van der Waals surface area contributed by atoms with E-state index in [-0.39, 0.29) is 29.1 Å². The van der Waals surface area contributed by atoms with Crippen LogP contribution in [0.3, 0.4) is 0 Å². The average Bonchev–Trinajstić information content (AvgIpc) is 3.43. The average molecular weight is 451 g/mol. The number of rotatable bonds is 4. The molecule has 3 N–H and O–H groups in total. The van der Waals surface area contributed by atoms with E-state index in [9.17, 15) is 15.0 Å². The largest absolute Gasteiger partial charge is 0.506 e. The smallest absolute Gasteiger partial charge is 0.263 e. The fraction of sp³-hybridized carbons (Fsp3) is 0.280. The van der Waals surface area contributed by atoms with Gasteiger partial charge in [-0.25, -0.2) is 0 Å². The number of halogens is 1. The zero-order chi connectivity index (χ0) is 22.5. The number of aliphatic hydroxyl groups is 1. The highest BCUT2D eigenvalue weighted by atomic mass is 35.5. The van der Waals surface area contributed by atoms with Crippen LogP contribution in [0, 0.1) is 6.92 Å². The summed E-state index contributed by atoms with van der Waals surface area (Å²) >= 11 is 6.55. The Kier molecular flexibility index (Phi) is 5.07. The van der Waals surface area contributed by atoms with E-state index < -0.39 is 5.56 Å². The van der Waals surface area contributed by atoms with Gasteiger partial charge in [-0.15, -0.1) is 0 Å². The Bertz CT molecular complexity index is 1370. The molecule has 2 aromatic heterocycles. The Balaban J connectivity index is 1.62. The molecule has 2 heterocycles. The third-order valence-corrected chi connectivity index (χ3v) is 6.93. The van der Waals surface area contributed by atoms with Crippen LogP contribution in [0.1, 0.15) is 36.9 Å². The number of aliphatic hydroxyl groups excluding tert-OH is 1. The fourth-order valence-electron chi connectivity index (χ4n) is 4.82. The molecule has 0 unspecified atom stereocenters. The quantitative estimate of drug-likeness (QED) is 0.390. The fourth-order valence-corrected chi connectivity index (χ4v) is 5.10. The Hall–Kier alpha value is -3.09. The molecule has 0 saturated heterocycles. The summed E-state index contributed by atoms with van der Waals surface area (Å²) in [7, 11) is 0. The Morgan fingerprint density at radius 3 is 2.50 bits per heavy atom. The van der Waals surface area contributed by atoms with Crippen LogP contribution in [0.25, 0.3) is 33.4 Å². The number of aromatic nitrogens is 2. The maximum absolute atomic E-state index is 12.6. The molecule has 5 rings (SSSR count). The van der Waals surface area contributed by atoms with Gasteiger partial charge < -0.3 is 19.7 Å². The molecular formula is C25H23ClN2O4. The van der Waals surface area contributed by atoms with Crippen LogP contribution in [0.4, 0.5) is 0 Å². The minimum absolute atomic E-state index is 0.0350. The molecule has 4 aromatic rings. The second-order valence-electron chi connectivity index (χ2n) is 8.61. The number of nitrogens with zero attached hydrogens (tertiary/aromatic N) is 1. The molecule has 1 aliphatic rings. The molecule has 1 aliphatic carbocycles. The molecule has 1 fully saturated rings. The van der Waals surface area contributed by atoms with Crippen LogP contribution in [0.15, 0.2) is 51.8 Å². The zero-order valence-electron chi connectivity index (χ0n) is 17.6. The highest BCUT2D eigenvalue weighted by molar-refractivity contribution is 6.34. The minimum Gasteiger partial charge on any atom is -0.506 e. The molecule has 0 bridgehead atoms. The van der Waals surface area contributed by atoms with Gasteiger partial charge in [-0.3, -0.25) is 4.79 Å². The molecule has 164 valence electrons. The van der Waals surface area contributed by atoms with Gasteiger partial charge in [0.2, 0.25) is 0 Å². The van der Waals surface area contributed by atoms with Crippen molar-refractivity contribution in [2.24, 2.45) is 0 Å². The first-order chi connectivity index (χ1) is 15.4. The number of benzene rings is 2. The van der Waals surface area contributed by atoms with Crippen molar-refractivity contribution < 1.29 is 14.7 Å². The Labute approximate surface area is 189 Å². The van der Waals surface area contributed by atoms with Gasteiger partial charge in [0.05, 0.1) is 22.8 Å². The Morgan fingerprint density at radius 1 is 1.16 bits per heavy atom. The summed E-state index contributed by atoms with van der Waals surface area (Å²) in [4.78, 5) is 15.4. The van der Waals surface area contributed by atoms with Crippen molar-refractivity contribution >= 4 is 22.5 Å². The van der Waals surface area contributed by atoms with E-state index in [0.717, 1.165) is 42.4 Å². The SMILES string of the molecule is Cc1cc(-c2c(O)c3cc(-c4ccc(C5(CO)CCCC5)cc4)c(Cl)cc3[nH]c2=O)on1. The van der Waals surface area contributed by atoms with Crippen molar-refractivity contribution in [3.63, 3.8) is 0 Å². The first-order valence-electron chi connectivity index (χ1n) is 10.7. The number of nitrogens with one attached hydrogen (secondary N) is 1. The summed E-state index contributed by atoms with van der Waals surface area (Å²) in [5.41, 5.74) is 3.19. The van der Waals surface area contributed by atoms with Crippen LogP contribution < -0.4 is 5.56 Å². The van der Waals surface area contributed by atoms with E-state index in [1.807, 2.05) is 24.3 Å². The summed E-state index contributed by atoms with van der Waals surface area (Å²) in [5, 5.41) is 25.7. The van der Waals surface area contributed by atoms with Crippen LogP contribution in [0.2, 0.25) is 5.02 Å². The molecule has 0 atom stereocenters. The maximum Gasteiger partial charge on any atom is 0.263 e. The van der Waals surface area contributed by atoms with Gasteiger partial charge in [-0.05, 0) is 43.0 Å². The lowest BCUT2D eigenvalue weighted by molar-refractivity contribution is 0.196. The molecular weight excluding hydrogens is 428 g/mol. The monoisotopic (exact) mass is 450 g/mol.